The first-order valence-corrected chi connectivity index (χ1v) is 9.73. The van der Waals surface area contributed by atoms with Crippen molar-refractivity contribution in [2.24, 2.45) is 10.4 Å². The number of anilines is 1. The van der Waals surface area contributed by atoms with Crippen molar-refractivity contribution in [2.45, 2.75) is 47.0 Å². The minimum Gasteiger partial charge on any atom is -0.356 e. The summed E-state index contributed by atoms with van der Waals surface area (Å²) in [6, 6.07) is 0. The van der Waals surface area contributed by atoms with E-state index in [2.05, 4.69) is 57.2 Å². The predicted molar refractivity (Wildman–Crippen MR) is 119 cm³/mol. The largest absolute Gasteiger partial charge is 0.356 e. The van der Waals surface area contributed by atoms with Gasteiger partial charge in [0.1, 0.15) is 5.82 Å². The van der Waals surface area contributed by atoms with E-state index in [0.717, 1.165) is 56.1 Å². The van der Waals surface area contributed by atoms with Crippen LogP contribution in [0.15, 0.2) is 4.99 Å². The van der Waals surface area contributed by atoms with E-state index in [0.29, 0.717) is 5.41 Å². The molecular formula is C17H33IN6S. The van der Waals surface area contributed by atoms with Crippen molar-refractivity contribution in [3.8, 4) is 0 Å². The van der Waals surface area contributed by atoms with Crippen LogP contribution < -0.4 is 10.2 Å². The van der Waals surface area contributed by atoms with Crippen LogP contribution in [0.4, 0.5) is 5.13 Å². The van der Waals surface area contributed by atoms with Gasteiger partial charge in [0, 0.05) is 57.7 Å². The number of rotatable bonds is 5. The molecule has 0 aromatic carbocycles. The standard InChI is InChI=1S/C17H32N6S.HI/c1-6-14-20-16(24-21-14)23-12-10-22(11-13-23)15(18-5)19-9-7-8-17(2,3)4;/h6-13H2,1-5H3,(H,18,19);1H. The zero-order valence-corrected chi connectivity index (χ0v) is 19.4. The first kappa shape index (κ1) is 22.4. The third kappa shape index (κ3) is 7.24. The smallest absolute Gasteiger partial charge is 0.205 e. The van der Waals surface area contributed by atoms with Crippen LogP contribution in [-0.2, 0) is 6.42 Å². The lowest BCUT2D eigenvalue weighted by Crippen LogP contribution is -2.52. The summed E-state index contributed by atoms with van der Waals surface area (Å²) in [5, 5.41) is 4.57. The van der Waals surface area contributed by atoms with Crippen molar-refractivity contribution < 1.29 is 0 Å². The van der Waals surface area contributed by atoms with Gasteiger partial charge in [0.2, 0.25) is 5.13 Å². The normalized spacial score (nSPS) is 16.0. The van der Waals surface area contributed by atoms with Gasteiger partial charge in [-0.1, -0.05) is 27.7 Å². The summed E-state index contributed by atoms with van der Waals surface area (Å²) in [4.78, 5) is 13.7. The van der Waals surface area contributed by atoms with Crippen molar-refractivity contribution in [2.75, 3.05) is 44.7 Å². The molecule has 6 nitrogen and oxygen atoms in total. The molecule has 25 heavy (non-hydrogen) atoms. The number of halogens is 1. The van der Waals surface area contributed by atoms with Crippen molar-refractivity contribution in [3.63, 3.8) is 0 Å². The molecule has 144 valence electrons. The van der Waals surface area contributed by atoms with E-state index < -0.39 is 0 Å². The summed E-state index contributed by atoms with van der Waals surface area (Å²) in [7, 11) is 1.87. The van der Waals surface area contributed by atoms with Crippen molar-refractivity contribution >= 4 is 46.6 Å². The van der Waals surface area contributed by atoms with E-state index in [4.69, 9.17) is 0 Å². The Balaban J connectivity index is 0.00000312. The molecular weight excluding hydrogens is 447 g/mol. The Morgan fingerprint density at radius 2 is 1.92 bits per heavy atom. The number of aliphatic imine (C=N–C) groups is 1. The van der Waals surface area contributed by atoms with Crippen LogP contribution in [0.5, 0.6) is 0 Å². The van der Waals surface area contributed by atoms with Crippen LogP contribution in [0, 0.1) is 5.41 Å². The van der Waals surface area contributed by atoms with Gasteiger partial charge in [-0.25, -0.2) is 4.98 Å². The fourth-order valence-electron chi connectivity index (χ4n) is 2.78. The Kier molecular flexibility index (Phi) is 9.40. The first-order valence-electron chi connectivity index (χ1n) is 8.96. The van der Waals surface area contributed by atoms with Gasteiger partial charge in [0.25, 0.3) is 0 Å². The van der Waals surface area contributed by atoms with Gasteiger partial charge in [-0.2, -0.15) is 4.37 Å². The SMILES string of the molecule is CCc1nsc(N2CCN(C(=NC)NCCCC(C)(C)C)CC2)n1.I. The molecule has 1 aromatic heterocycles. The lowest BCUT2D eigenvalue weighted by molar-refractivity contribution is 0.354. The summed E-state index contributed by atoms with van der Waals surface area (Å²) in [5.74, 6) is 1.98. The predicted octanol–water partition coefficient (Wildman–Crippen LogP) is 3.24. The Labute approximate surface area is 173 Å². The minimum absolute atomic E-state index is 0. The topological polar surface area (TPSA) is 56.7 Å². The number of hydrogen-bond donors (Lipinski definition) is 1. The number of aryl methyl sites for hydroxylation is 1. The monoisotopic (exact) mass is 480 g/mol. The Hall–Kier alpha value is -0.640. The summed E-state index contributed by atoms with van der Waals surface area (Å²) >= 11 is 1.52. The van der Waals surface area contributed by atoms with Gasteiger partial charge in [0.15, 0.2) is 5.96 Å². The van der Waals surface area contributed by atoms with Crippen LogP contribution in [-0.4, -0.2) is 60.0 Å². The van der Waals surface area contributed by atoms with E-state index >= 15 is 0 Å². The molecule has 8 heteroatoms. The summed E-state index contributed by atoms with van der Waals surface area (Å²) in [6.07, 6.45) is 3.30. The second kappa shape index (κ2) is 10.5. The molecule has 1 aromatic rings. The van der Waals surface area contributed by atoms with Crippen LogP contribution in [0.3, 0.4) is 0 Å². The van der Waals surface area contributed by atoms with Gasteiger partial charge in [-0.15, -0.1) is 24.0 Å². The number of nitrogens with zero attached hydrogens (tertiary/aromatic N) is 5. The molecule has 2 rings (SSSR count). The molecule has 1 N–H and O–H groups in total. The lowest BCUT2D eigenvalue weighted by Gasteiger charge is -2.36. The van der Waals surface area contributed by atoms with Gasteiger partial charge in [-0.05, 0) is 18.3 Å². The molecule has 2 heterocycles. The van der Waals surface area contributed by atoms with E-state index in [1.165, 1.54) is 24.4 Å². The maximum absolute atomic E-state index is 4.60. The molecule has 1 aliphatic heterocycles. The van der Waals surface area contributed by atoms with Gasteiger partial charge < -0.3 is 15.1 Å². The first-order chi connectivity index (χ1) is 11.4. The quantitative estimate of drug-likeness (QED) is 0.304. The number of piperazine rings is 1. The number of hydrogen-bond acceptors (Lipinski definition) is 5. The maximum atomic E-state index is 4.60. The average molecular weight is 480 g/mol. The summed E-state index contributed by atoms with van der Waals surface area (Å²) in [5.41, 5.74) is 0.399. The molecule has 0 unspecified atom stereocenters. The van der Waals surface area contributed by atoms with E-state index in [-0.39, 0.29) is 24.0 Å². The van der Waals surface area contributed by atoms with Crippen LogP contribution in [0.25, 0.3) is 0 Å². The fraction of sp³-hybridized carbons (Fsp3) is 0.824. The van der Waals surface area contributed by atoms with Gasteiger partial charge in [0.05, 0.1) is 0 Å². The highest BCUT2D eigenvalue weighted by Crippen LogP contribution is 2.20. The van der Waals surface area contributed by atoms with Crippen LogP contribution >= 0.6 is 35.5 Å². The molecule has 1 aliphatic rings. The maximum Gasteiger partial charge on any atom is 0.205 e. The molecule has 0 spiro atoms. The Morgan fingerprint density at radius 1 is 1.24 bits per heavy atom. The molecule has 0 aliphatic carbocycles. The molecule has 1 saturated heterocycles. The zero-order valence-electron chi connectivity index (χ0n) is 16.2. The van der Waals surface area contributed by atoms with Crippen molar-refractivity contribution in [1.29, 1.82) is 0 Å². The van der Waals surface area contributed by atoms with E-state index in [1.807, 2.05) is 7.05 Å². The number of aromatic nitrogens is 2. The number of guanidine groups is 1. The molecule has 0 bridgehead atoms. The van der Waals surface area contributed by atoms with E-state index in [9.17, 15) is 0 Å². The second-order valence-corrected chi connectivity index (χ2v) is 8.19. The minimum atomic E-state index is 0. The fourth-order valence-corrected chi connectivity index (χ4v) is 3.58. The third-order valence-corrected chi connectivity index (χ3v) is 5.04. The molecule has 0 saturated carbocycles. The molecule has 1 fully saturated rings. The Morgan fingerprint density at radius 3 is 2.44 bits per heavy atom. The second-order valence-electron chi connectivity index (χ2n) is 7.46. The molecule has 0 amide bonds. The van der Waals surface area contributed by atoms with Gasteiger partial charge in [-0.3, -0.25) is 4.99 Å². The van der Waals surface area contributed by atoms with Crippen molar-refractivity contribution in [1.82, 2.24) is 19.6 Å². The van der Waals surface area contributed by atoms with Crippen LogP contribution in [0.2, 0.25) is 0 Å². The zero-order chi connectivity index (χ0) is 17.6. The molecule has 0 radical (unpaired) electrons. The highest BCUT2D eigenvalue weighted by atomic mass is 127. The highest BCUT2D eigenvalue weighted by molar-refractivity contribution is 14.0. The number of nitrogens with one attached hydrogen (secondary N) is 1. The summed E-state index contributed by atoms with van der Waals surface area (Å²) < 4.78 is 4.39. The van der Waals surface area contributed by atoms with E-state index in [1.54, 1.807) is 0 Å². The van der Waals surface area contributed by atoms with Crippen LogP contribution in [0.1, 0.15) is 46.4 Å². The third-order valence-electron chi connectivity index (χ3n) is 4.22. The molecule has 0 atom stereocenters. The Bertz CT molecular complexity index is 531. The average Bonchev–Trinajstić information content (AvgIpc) is 3.03. The van der Waals surface area contributed by atoms with Gasteiger partial charge >= 0.3 is 0 Å². The highest BCUT2D eigenvalue weighted by Gasteiger charge is 2.22. The summed E-state index contributed by atoms with van der Waals surface area (Å²) in [6.45, 7) is 13.8. The lowest BCUT2D eigenvalue weighted by atomic mass is 9.91. The van der Waals surface area contributed by atoms with Crippen molar-refractivity contribution in [3.05, 3.63) is 5.82 Å².